The molecule has 110 valence electrons. The van der Waals surface area contributed by atoms with E-state index < -0.39 is 16.9 Å². The minimum Gasteiger partial charge on any atom is -0.480 e. The highest BCUT2D eigenvalue weighted by Gasteiger charge is 2.34. The Kier molecular flexibility index (Phi) is 3.43. The van der Waals surface area contributed by atoms with E-state index >= 15 is 0 Å². The summed E-state index contributed by atoms with van der Waals surface area (Å²) in [6, 6.07) is 2.53. The minimum atomic E-state index is -1.00. The first kappa shape index (κ1) is 13.7. The van der Waals surface area contributed by atoms with Gasteiger partial charge < -0.3 is 15.3 Å². The second kappa shape index (κ2) is 5.26. The highest BCUT2D eigenvalue weighted by molar-refractivity contribution is 7.16. The number of hydrogen-bond donors (Lipinski definition) is 2. The third-order valence-corrected chi connectivity index (χ3v) is 4.27. The van der Waals surface area contributed by atoms with Crippen LogP contribution >= 0.6 is 11.3 Å². The summed E-state index contributed by atoms with van der Waals surface area (Å²) < 4.78 is 0.715. The number of aliphatic carboxylic acids is 1. The molecular weight excluding hydrogens is 296 g/mol. The van der Waals surface area contributed by atoms with Crippen LogP contribution in [-0.2, 0) is 4.79 Å². The number of piperazine rings is 1. The number of benzene rings is 1. The summed E-state index contributed by atoms with van der Waals surface area (Å²) in [4.78, 5) is 27.9. The zero-order valence-corrected chi connectivity index (χ0v) is 11.7. The van der Waals surface area contributed by atoms with Crippen LogP contribution < -0.4 is 10.2 Å². The van der Waals surface area contributed by atoms with Crippen molar-refractivity contribution in [3.8, 4) is 0 Å². The van der Waals surface area contributed by atoms with Crippen molar-refractivity contribution in [2.24, 2.45) is 0 Å². The molecule has 0 radical (unpaired) electrons. The number of nitro benzene ring substituents is 1. The third kappa shape index (κ3) is 2.30. The second-order valence-corrected chi connectivity index (χ2v) is 5.53. The van der Waals surface area contributed by atoms with Gasteiger partial charge in [0.2, 0.25) is 0 Å². The fourth-order valence-corrected chi connectivity index (χ4v) is 3.21. The molecule has 1 saturated heterocycles. The van der Waals surface area contributed by atoms with Crippen LogP contribution in [-0.4, -0.2) is 46.7 Å². The van der Waals surface area contributed by atoms with Crippen LogP contribution in [0.4, 0.5) is 11.4 Å². The Morgan fingerprint density at radius 3 is 3.10 bits per heavy atom. The number of nitro groups is 1. The van der Waals surface area contributed by atoms with Crippen LogP contribution in [0.25, 0.3) is 10.2 Å². The Balaban J connectivity index is 2.16. The molecule has 0 aliphatic carbocycles. The smallest absolute Gasteiger partial charge is 0.327 e. The van der Waals surface area contributed by atoms with Gasteiger partial charge in [-0.25, -0.2) is 9.78 Å². The summed E-state index contributed by atoms with van der Waals surface area (Å²) in [7, 11) is 0. The largest absolute Gasteiger partial charge is 0.480 e. The average molecular weight is 308 g/mol. The number of rotatable bonds is 3. The maximum absolute atomic E-state index is 11.4. The van der Waals surface area contributed by atoms with Crippen LogP contribution in [0.1, 0.15) is 0 Å². The van der Waals surface area contributed by atoms with E-state index in [-0.39, 0.29) is 12.2 Å². The van der Waals surface area contributed by atoms with E-state index in [4.69, 9.17) is 0 Å². The van der Waals surface area contributed by atoms with Crippen molar-refractivity contribution in [1.29, 1.82) is 0 Å². The molecule has 2 aromatic rings. The van der Waals surface area contributed by atoms with Gasteiger partial charge in [-0.15, -0.1) is 11.3 Å². The number of nitrogens with zero attached hydrogens (tertiary/aromatic N) is 3. The van der Waals surface area contributed by atoms with Gasteiger partial charge in [-0.2, -0.15) is 0 Å². The maximum atomic E-state index is 11.4. The normalized spacial score (nSPS) is 18.9. The lowest BCUT2D eigenvalue weighted by Crippen LogP contribution is -2.55. The summed E-state index contributed by atoms with van der Waals surface area (Å²) in [6.07, 6.45) is 0. The van der Waals surface area contributed by atoms with E-state index in [1.807, 2.05) is 0 Å². The number of carboxylic acid groups (broad SMARTS) is 1. The van der Waals surface area contributed by atoms with Crippen molar-refractivity contribution in [2.45, 2.75) is 6.04 Å². The quantitative estimate of drug-likeness (QED) is 0.644. The van der Waals surface area contributed by atoms with Crippen molar-refractivity contribution in [3.63, 3.8) is 0 Å². The Bertz CT molecular complexity index is 716. The minimum absolute atomic E-state index is 0.123. The van der Waals surface area contributed by atoms with E-state index in [9.17, 15) is 20.0 Å². The number of carboxylic acids is 1. The highest BCUT2D eigenvalue weighted by Crippen LogP contribution is 2.37. The van der Waals surface area contributed by atoms with E-state index in [1.54, 1.807) is 22.5 Å². The van der Waals surface area contributed by atoms with E-state index in [2.05, 4.69) is 10.3 Å². The lowest BCUT2D eigenvalue weighted by Gasteiger charge is -2.34. The molecule has 1 aliphatic heterocycles. The molecule has 21 heavy (non-hydrogen) atoms. The summed E-state index contributed by atoms with van der Waals surface area (Å²) in [5.74, 6) is -1.00. The summed E-state index contributed by atoms with van der Waals surface area (Å²) in [5, 5.41) is 23.7. The van der Waals surface area contributed by atoms with Crippen LogP contribution in [0.15, 0.2) is 17.6 Å². The van der Waals surface area contributed by atoms with Gasteiger partial charge in [0, 0.05) is 19.6 Å². The van der Waals surface area contributed by atoms with Crippen molar-refractivity contribution in [2.75, 3.05) is 24.5 Å². The SMILES string of the molecule is O=C(O)C1CNCCN1c1ccc2scnc2c1[N+](=O)[O-]. The Morgan fingerprint density at radius 1 is 1.57 bits per heavy atom. The van der Waals surface area contributed by atoms with Gasteiger partial charge in [-0.3, -0.25) is 10.1 Å². The monoisotopic (exact) mass is 308 g/mol. The van der Waals surface area contributed by atoms with Gasteiger partial charge in [0.1, 0.15) is 11.7 Å². The van der Waals surface area contributed by atoms with Crippen LogP contribution in [0.5, 0.6) is 0 Å². The first-order chi connectivity index (χ1) is 10.1. The number of fused-ring (bicyclic) bond motifs is 1. The second-order valence-electron chi connectivity index (χ2n) is 4.64. The van der Waals surface area contributed by atoms with Crippen molar-refractivity contribution in [1.82, 2.24) is 10.3 Å². The first-order valence-corrected chi connectivity index (χ1v) is 7.18. The predicted octanol–water partition coefficient (Wildman–Crippen LogP) is 1.07. The molecule has 1 aromatic carbocycles. The molecule has 2 heterocycles. The van der Waals surface area contributed by atoms with Gasteiger partial charge in [-0.1, -0.05) is 0 Å². The van der Waals surface area contributed by atoms with Crippen LogP contribution in [0.3, 0.4) is 0 Å². The van der Waals surface area contributed by atoms with E-state index in [0.717, 1.165) is 0 Å². The van der Waals surface area contributed by atoms with Crippen molar-refractivity contribution >= 4 is 38.9 Å². The number of aromatic nitrogens is 1. The number of carbonyl (C=O) groups is 1. The molecule has 1 aliphatic rings. The molecule has 0 amide bonds. The molecule has 0 saturated carbocycles. The molecule has 2 N–H and O–H groups in total. The summed E-state index contributed by atoms with van der Waals surface area (Å²) >= 11 is 1.32. The molecule has 8 nitrogen and oxygen atoms in total. The Labute approximate surface area is 123 Å². The Hall–Kier alpha value is -2.26. The summed E-state index contributed by atoms with van der Waals surface area (Å²) in [5.41, 5.74) is 2.05. The average Bonchev–Trinajstić information content (AvgIpc) is 2.94. The zero-order chi connectivity index (χ0) is 15.0. The number of thiazole rings is 1. The maximum Gasteiger partial charge on any atom is 0.327 e. The fraction of sp³-hybridized carbons (Fsp3) is 0.333. The van der Waals surface area contributed by atoms with E-state index in [0.29, 0.717) is 29.0 Å². The molecule has 3 rings (SSSR count). The van der Waals surface area contributed by atoms with Gasteiger partial charge >= 0.3 is 11.7 Å². The lowest BCUT2D eigenvalue weighted by molar-refractivity contribution is -0.382. The predicted molar refractivity (Wildman–Crippen MR) is 77.9 cm³/mol. The standard InChI is InChI=1S/C12H12N4O4S/c17-12(18)8-5-13-3-4-15(8)7-1-2-9-10(14-6-21-9)11(7)16(19)20/h1-2,6,8,13H,3-5H2,(H,17,18). The molecule has 9 heteroatoms. The molecule has 1 unspecified atom stereocenters. The molecule has 1 fully saturated rings. The molecule has 0 spiro atoms. The lowest BCUT2D eigenvalue weighted by atomic mass is 10.1. The first-order valence-electron chi connectivity index (χ1n) is 6.30. The summed E-state index contributed by atoms with van der Waals surface area (Å²) in [6.45, 7) is 1.23. The van der Waals surface area contributed by atoms with Crippen LogP contribution in [0.2, 0.25) is 0 Å². The van der Waals surface area contributed by atoms with Gasteiger partial charge in [-0.05, 0) is 12.1 Å². The van der Waals surface area contributed by atoms with Gasteiger partial charge in [0.05, 0.1) is 15.1 Å². The molecule has 1 aromatic heterocycles. The van der Waals surface area contributed by atoms with Gasteiger partial charge in [0.15, 0.2) is 5.52 Å². The Morgan fingerprint density at radius 2 is 2.38 bits per heavy atom. The molecule has 0 bridgehead atoms. The number of anilines is 1. The number of hydrogen-bond acceptors (Lipinski definition) is 7. The molecule has 1 atom stereocenters. The fourth-order valence-electron chi connectivity index (χ4n) is 2.53. The zero-order valence-electron chi connectivity index (χ0n) is 10.9. The molecular formula is C12H12N4O4S. The van der Waals surface area contributed by atoms with E-state index in [1.165, 1.54) is 11.3 Å². The highest BCUT2D eigenvalue weighted by atomic mass is 32.1. The van der Waals surface area contributed by atoms with Crippen molar-refractivity contribution < 1.29 is 14.8 Å². The van der Waals surface area contributed by atoms with Crippen LogP contribution in [0, 0.1) is 10.1 Å². The van der Waals surface area contributed by atoms with Gasteiger partial charge in [0.25, 0.3) is 0 Å². The number of nitrogens with one attached hydrogen (secondary N) is 1. The topological polar surface area (TPSA) is 109 Å². The van der Waals surface area contributed by atoms with Crippen molar-refractivity contribution in [3.05, 3.63) is 27.8 Å². The third-order valence-electron chi connectivity index (χ3n) is 3.47.